The molecule has 13 aromatic rings. The van der Waals surface area contributed by atoms with Gasteiger partial charge in [0, 0.05) is 53.6 Å². The van der Waals surface area contributed by atoms with Crippen LogP contribution in [0.4, 0.5) is 17.1 Å². The van der Waals surface area contributed by atoms with Crippen LogP contribution in [0.2, 0.25) is 0 Å². The molecule has 328 valence electrons. The first-order valence-electron chi connectivity index (χ1n) is 24.0. The molecule has 2 nitrogen and oxygen atoms in total. The van der Waals surface area contributed by atoms with Crippen LogP contribution in [-0.2, 0) is 5.41 Å². The second-order valence-electron chi connectivity index (χ2n) is 18.4. The van der Waals surface area contributed by atoms with Gasteiger partial charge >= 0.3 is 0 Å². The summed E-state index contributed by atoms with van der Waals surface area (Å²) < 4.78 is 9.10. The van der Waals surface area contributed by atoms with Crippen molar-refractivity contribution >= 4 is 70.5 Å². The highest BCUT2D eigenvalue weighted by atomic mass is 32.1. The molecular weight excluding hydrogens is 867 g/mol. The number of anilines is 3. The van der Waals surface area contributed by atoms with Crippen molar-refractivity contribution in [1.82, 2.24) is 0 Å². The van der Waals surface area contributed by atoms with Crippen molar-refractivity contribution in [2.45, 2.75) is 5.41 Å². The van der Waals surface area contributed by atoms with Crippen LogP contribution < -0.4 is 4.90 Å². The lowest BCUT2D eigenvalue weighted by atomic mass is 9.68. The zero-order chi connectivity index (χ0) is 46.2. The molecule has 0 atom stereocenters. The minimum atomic E-state index is -0.472. The topological polar surface area (TPSA) is 16.4 Å². The second-order valence-corrected chi connectivity index (χ2v) is 19.4. The Kier molecular flexibility index (Phi) is 9.33. The molecule has 0 N–H and O–H groups in total. The quantitative estimate of drug-likeness (QED) is 0.151. The van der Waals surface area contributed by atoms with Gasteiger partial charge in [-0.3, -0.25) is 0 Å². The van der Waals surface area contributed by atoms with Crippen molar-refractivity contribution in [2.24, 2.45) is 0 Å². The average Bonchev–Trinajstić information content (AvgIpc) is 4.10. The minimum Gasteiger partial charge on any atom is -0.455 e. The second kappa shape index (κ2) is 16.2. The van der Waals surface area contributed by atoms with E-state index in [1.807, 2.05) is 23.5 Å². The van der Waals surface area contributed by atoms with E-state index in [9.17, 15) is 0 Å². The lowest BCUT2D eigenvalue weighted by Gasteiger charge is -2.34. The summed E-state index contributed by atoms with van der Waals surface area (Å²) in [5.74, 6) is 0. The maximum Gasteiger partial charge on any atom is 0.143 e. The Bertz CT molecular complexity index is 4070. The van der Waals surface area contributed by atoms with Gasteiger partial charge < -0.3 is 9.32 Å². The molecule has 11 aromatic carbocycles. The predicted molar refractivity (Wildman–Crippen MR) is 295 cm³/mol. The smallest absolute Gasteiger partial charge is 0.143 e. The Morgan fingerprint density at radius 3 is 1.61 bits per heavy atom. The number of nitrogens with zero attached hydrogens (tertiary/aromatic N) is 1. The van der Waals surface area contributed by atoms with Gasteiger partial charge in [-0.1, -0.05) is 194 Å². The van der Waals surface area contributed by atoms with Gasteiger partial charge in [-0.25, -0.2) is 0 Å². The third-order valence-corrected chi connectivity index (χ3v) is 15.7. The lowest BCUT2D eigenvalue weighted by molar-refractivity contribution is 0.670. The van der Waals surface area contributed by atoms with Crippen LogP contribution in [0.1, 0.15) is 22.3 Å². The third kappa shape index (κ3) is 6.32. The summed E-state index contributed by atoms with van der Waals surface area (Å²) in [4.78, 5) is 2.41. The molecule has 1 aliphatic carbocycles. The first-order chi connectivity index (χ1) is 34.7. The van der Waals surface area contributed by atoms with Crippen molar-refractivity contribution < 1.29 is 4.42 Å². The Balaban J connectivity index is 0.895. The van der Waals surface area contributed by atoms with Crippen molar-refractivity contribution in [3.63, 3.8) is 0 Å². The number of hydrogen-bond donors (Lipinski definition) is 0. The summed E-state index contributed by atoms with van der Waals surface area (Å²) in [6.07, 6.45) is 0. The number of rotatable bonds is 8. The van der Waals surface area contributed by atoms with E-state index in [0.29, 0.717) is 0 Å². The molecule has 2 aromatic heterocycles. The molecule has 0 spiro atoms. The number of benzene rings is 11. The van der Waals surface area contributed by atoms with Gasteiger partial charge in [0.05, 0.1) is 5.41 Å². The molecule has 2 heterocycles. The van der Waals surface area contributed by atoms with Gasteiger partial charge in [0.25, 0.3) is 0 Å². The molecule has 14 rings (SSSR count). The largest absolute Gasteiger partial charge is 0.455 e. The Morgan fingerprint density at radius 2 is 0.857 bits per heavy atom. The summed E-state index contributed by atoms with van der Waals surface area (Å²) in [6, 6.07) is 95.5. The number of hydrogen-bond acceptors (Lipinski definition) is 3. The number of para-hydroxylation sites is 2. The minimum absolute atomic E-state index is 0.472. The van der Waals surface area contributed by atoms with E-state index in [-0.39, 0.29) is 0 Å². The summed E-state index contributed by atoms with van der Waals surface area (Å²) in [5, 5.41) is 4.89. The van der Waals surface area contributed by atoms with Crippen molar-refractivity contribution in [1.29, 1.82) is 0 Å². The van der Waals surface area contributed by atoms with E-state index in [0.717, 1.165) is 61.3 Å². The molecule has 0 fully saturated rings. The van der Waals surface area contributed by atoms with Crippen LogP contribution >= 0.6 is 11.3 Å². The molecule has 0 aliphatic heterocycles. The lowest BCUT2D eigenvalue weighted by Crippen LogP contribution is -2.28. The fourth-order valence-corrected chi connectivity index (χ4v) is 12.5. The SMILES string of the molecule is c1ccc(C2(c3ccccc3)c3ccccc3-c3cc(N(c4ccc(-c5cccc(-c6cccc7c6oc6ccccc67)c5)cc4)c4ccc(-c5ccc6sc7ccccc7c6c5)cc4)ccc32)cc1. The van der Waals surface area contributed by atoms with Gasteiger partial charge in [-0.15, -0.1) is 11.3 Å². The zero-order valence-electron chi connectivity index (χ0n) is 38.1. The molecule has 0 radical (unpaired) electrons. The normalized spacial score (nSPS) is 12.7. The van der Waals surface area contributed by atoms with E-state index < -0.39 is 5.41 Å². The van der Waals surface area contributed by atoms with E-state index in [2.05, 4.69) is 254 Å². The highest BCUT2D eigenvalue weighted by molar-refractivity contribution is 7.25. The molecule has 0 unspecified atom stereocenters. The van der Waals surface area contributed by atoms with Gasteiger partial charge in [-0.05, 0) is 128 Å². The molecule has 0 bridgehead atoms. The van der Waals surface area contributed by atoms with Crippen LogP contribution in [-0.4, -0.2) is 0 Å². The first kappa shape index (κ1) is 40.3. The molecule has 3 heteroatoms. The molecule has 0 saturated carbocycles. The van der Waals surface area contributed by atoms with Crippen LogP contribution in [0.15, 0.2) is 265 Å². The molecule has 0 saturated heterocycles. The van der Waals surface area contributed by atoms with Gasteiger partial charge in [0.15, 0.2) is 0 Å². The summed E-state index contributed by atoms with van der Waals surface area (Å²) in [5.41, 5.74) is 19.1. The van der Waals surface area contributed by atoms with Crippen LogP contribution in [0.3, 0.4) is 0 Å². The summed E-state index contributed by atoms with van der Waals surface area (Å²) >= 11 is 1.86. The zero-order valence-corrected chi connectivity index (χ0v) is 38.9. The van der Waals surface area contributed by atoms with Gasteiger partial charge in [0.1, 0.15) is 11.2 Å². The third-order valence-electron chi connectivity index (χ3n) is 14.6. The fourth-order valence-electron chi connectivity index (χ4n) is 11.4. The standard InChI is InChI=1S/C67H43NOS/c1-3-17-49(18-4-1)67(50-19-5-2-6-20-50)61-26-10-7-21-55(61)59-43-53(38-39-62(59)67)68(52-36-31-45(32-37-52)47-33-40-65-60(42-47)57-23-9-12-28-64(57)70-65)51-34-29-44(30-35-51)46-15-13-16-48(41-46)54-24-14-25-58-56-22-8-11-27-63(56)69-66(54)58/h1-43H. The monoisotopic (exact) mass is 909 g/mol. The van der Waals surface area contributed by atoms with E-state index in [1.165, 1.54) is 64.7 Å². The Hall–Kier alpha value is -8.76. The maximum atomic E-state index is 6.47. The number of fused-ring (bicyclic) bond motifs is 9. The van der Waals surface area contributed by atoms with Crippen molar-refractivity contribution in [3.05, 3.63) is 283 Å². The Labute approximate surface area is 410 Å². The van der Waals surface area contributed by atoms with E-state index in [1.54, 1.807) is 0 Å². The highest BCUT2D eigenvalue weighted by Crippen LogP contribution is 2.57. The molecule has 70 heavy (non-hydrogen) atoms. The Morgan fingerprint density at radius 1 is 0.314 bits per heavy atom. The van der Waals surface area contributed by atoms with Crippen LogP contribution in [0.5, 0.6) is 0 Å². The van der Waals surface area contributed by atoms with Gasteiger partial charge in [0.2, 0.25) is 0 Å². The van der Waals surface area contributed by atoms with Crippen LogP contribution in [0.25, 0.3) is 86.6 Å². The van der Waals surface area contributed by atoms with Crippen molar-refractivity contribution in [3.8, 4) is 44.5 Å². The number of furan rings is 1. The fraction of sp³-hybridized carbons (Fsp3) is 0.0149. The summed E-state index contributed by atoms with van der Waals surface area (Å²) in [7, 11) is 0. The first-order valence-corrected chi connectivity index (χ1v) is 24.8. The molecular formula is C67H43NOS. The number of thiophene rings is 1. The molecule has 1 aliphatic rings. The van der Waals surface area contributed by atoms with Crippen molar-refractivity contribution in [2.75, 3.05) is 4.90 Å². The molecule has 0 amide bonds. The predicted octanol–water partition coefficient (Wildman–Crippen LogP) is 18.8. The van der Waals surface area contributed by atoms with Gasteiger partial charge in [-0.2, -0.15) is 0 Å². The van der Waals surface area contributed by atoms with E-state index >= 15 is 0 Å². The highest BCUT2D eigenvalue weighted by Gasteiger charge is 2.46. The summed E-state index contributed by atoms with van der Waals surface area (Å²) in [6.45, 7) is 0. The average molecular weight is 910 g/mol. The maximum absolute atomic E-state index is 6.47. The van der Waals surface area contributed by atoms with Crippen LogP contribution in [0, 0.1) is 0 Å². The van der Waals surface area contributed by atoms with E-state index in [4.69, 9.17) is 4.42 Å².